The number of nitrogens with zero attached hydrogens (tertiary/aromatic N) is 1. The number of para-hydroxylation sites is 1. The largest absolute Gasteiger partial charge is 0.343 e. The quantitative estimate of drug-likeness (QED) is 0.849. The molecule has 0 bridgehead atoms. The van der Waals surface area contributed by atoms with Gasteiger partial charge in [0.15, 0.2) is 0 Å². The number of carbonyl (C=O) groups excluding carboxylic acids is 2. The maximum Gasteiger partial charge on any atom is 0.249 e. The van der Waals surface area contributed by atoms with Gasteiger partial charge in [-0.2, -0.15) is 0 Å². The second-order valence-corrected chi connectivity index (χ2v) is 6.50. The van der Waals surface area contributed by atoms with Crippen molar-refractivity contribution in [3.05, 3.63) is 60.4 Å². The molecule has 2 aromatic carbocycles. The summed E-state index contributed by atoms with van der Waals surface area (Å²) in [5, 5.41) is 2.74. The summed E-state index contributed by atoms with van der Waals surface area (Å²) in [5.41, 5.74) is 0.262. The molecule has 1 aliphatic rings. The highest BCUT2D eigenvalue weighted by atomic mass is 32.2. The summed E-state index contributed by atoms with van der Waals surface area (Å²) in [7, 11) is 0. The van der Waals surface area contributed by atoms with Crippen LogP contribution < -0.4 is 10.2 Å². The van der Waals surface area contributed by atoms with Crippen LogP contribution in [0.3, 0.4) is 0 Å². The van der Waals surface area contributed by atoms with Crippen molar-refractivity contribution in [3.63, 3.8) is 0 Å². The highest BCUT2D eigenvalue weighted by Gasteiger charge is 2.34. The van der Waals surface area contributed by atoms with Gasteiger partial charge < -0.3 is 10.2 Å². The van der Waals surface area contributed by atoms with Crippen LogP contribution in [0.4, 0.5) is 10.1 Å². The van der Waals surface area contributed by atoms with Gasteiger partial charge in [-0.1, -0.05) is 30.3 Å². The summed E-state index contributed by atoms with van der Waals surface area (Å²) in [6.07, 6.45) is 0.481. The molecular weight excluding hydrogens is 327 g/mol. The Bertz CT molecular complexity index is 739. The monoisotopic (exact) mass is 344 g/mol. The highest BCUT2D eigenvalue weighted by Crippen LogP contribution is 2.24. The van der Waals surface area contributed by atoms with Crippen molar-refractivity contribution in [2.24, 2.45) is 0 Å². The zero-order chi connectivity index (χ0) is 16.9. The second kappa shape index (κ2) is 7.49. The number of anilines is 1. The number of amides is 2. The first kappa shape index (κ1) is 16.5. The summed E-state index contributed by atoms with van der Waals surface area (Å²) in [6, 6.07) is 15.2. The smallest absolute Gasteiger partial charge is 0.249 e. The zero-order valence-electron chi connectivity index (χ0n) is 12.9. The fraction of sp³-hybridized carbons (Fsp3) is 0.222. The van der Waals surface area contributed by atoms with Gasteiger partial charge in [-0.15, -0.1) is 11.8 Å². The third kappa shape index (κ3) is 3.76. The molecule has 1 saturated heterocycles. The van der Waals surface area contributed by atoms with Gasteiger partial charge in [0.25, 0.3) is 0 Å². The molecular formula is C18H17FN2O2S. The molecule has 24 heavy (non-hydrogen) atoms. The summed E-state index contributed by atoms with van der Waals surface area (Å²) in [4.78, 5) is 26.8. The van der Waals surface area contributed by atoms with Gasteiger partial charge in [0, 0.05) is 11.4 Å². The minimum Gasteiger partial charge on any atom is -0.343 e. The molecule has 3 rings (SSSR count). The van der Waals surface area contributed by atoms with Crippen LogP contribution in [0.5, 0.6) is 0 Å². The average molecular weight is 344 g/mol. The Hall–Kier alpha value is -2.34. The van der Waals surface area contributed by atoms with E-state index >= 15 is 0 Å². The summed E-state index contributed by atoms with van der Waals surface area (Å²) in [5.74, 6) is -0.652. The summed E-state index contributed by atoms with van der Waals surface area (Å²) < 4.78 is 13.8. The van der Waals surface area contributed by atoms with E-state index in [0.29, 0.717) is 13.0 Å². The number of hydrogen-bond donors (Lipinski definition) is 1. The lowest BCUT2D eigenvalue weighted by Gasteiger charge is -2.17. The molecule has 6 heteroatoms. The molecule has 2 amide bonds. The van der Waals surface area contributed by atoms with Crippen LogP contribution in [0.25, 0.3) is 0 Å². The molecule has 124 valence electrons. The SMILES string of the molecule is O=C(CSc1ccccc1)NC1CCN(c2ccccc2F)C1=O. The van der Waals surface area contributed by atoms with E-state index in [1.165, 1.54) is 22.7 Å². The van der Waals surface area contributed by atoms with E-state index in [4.69, 9.17) is 0 Å². The second-order valence-electron chi connectivity index (χ2n) is 5.45. The van der Waals surface area contributed by atoms with E-state index in [-0.39, 0.29) is 23.3 Å². The first-order chi connectivity index (χ1) is 11.6. The predicted molar refractivity (Wildman–Crippen MR) is 92.5 cm³/mol. The topological polar surface area (TPSA) is 49.4 Å². The average Bonchev–Trinajstić information content (AvgIpc) is 2.95. The molecule has 1 fully saturated rings. The molecule has 0 spiro atoms. The van der Waals surface area contributed by atoms with Crippen molar-refractivity contribution >= 4 is 29.3 Å². The summed E-state index contributed by atoms with van der Waals surface area (Å²) in [6.45, 7) is 0.399. The Balaban J connectivity index is 1.56. The van der Waals surface area contributed by atoms with Crippen molar-refractivity contribution in [2.75, 3.05) is 17.2 Å². The predicted octanol–water partition coefficient (Wildman–Crippen LogP) is 2.84. The maximum absolute atomic E-state index is 13.8. The molecule has 0 radical (unpaired) electrons. The van der Waals surface area contributed by atoms with Crippen molar-refractivity contribution in [3.8, 4) is 0 Å². The Morgan fingerprint density at radius 3 is 2.62 bits per heavy atom. The van der Waals surface area contributed by atoms with Crippen LogP contribution >= 0.6 is 11.8 Å². The van der Waals surface area contributed by atoms with Crippen LogP contribution in [0.2, 0.25) is 0 Å². The number of hydrogen-bond acceptors (Lipinski definition) is 3. The van der Waals surface area contributed by atoms with Crippen LogP contribution in [0.15, 0.2) is 59.5 Å². The number of rotatable bonds is 5. The standard InChI is InChI=1S/C18H17FN2O2S/c19-14-8-4-5-9-16(14)21-11-10-15(18(21)23)20-17(22)12-24-13-6-2-1-3-7-13/h1-9,15H,10-12H2,(H,20,22). The molecule has 0 aliphatic carbocycles. The lowest BCUT2D eigenvalue weighted by atomic mass is 10.2. The first-order valence-electron chi connectivity index (χ1n) is 7.68. The Labute approximate surface area is 144 Å². The van der Waals surface area contributed by atoms with Gasteiger partial charge in [-0.3, -0.25) is 9.59 Å². The van der Waals surface area contributed by atoms with E-state index in [1.807, 2.05) is 30.3 Å². The van der Waals surface area contributed by atoms with Gasteiger partial charge >= 0.3 is 0 Å². The third-order valence-corrected chi connectivity index (χ3v) is 4.81. The molecule has 1 unspecified atom stereocenters. The lowest BCUT2D eigenvalue weighted by molar-refractivity contribution is -0.124. The number of halogens is 1. The third-order valence-electron chi connectivity index (χ3n) is 3.80. The van der Waals surface area contributed by atoms with E-state index < -0.39 is 11.9 Å². The first-order valence-corrected chi connectivity index (χ1v) is 8.67. The van der Waals surface area contributed by atoms with Gasteiger partial charge in [-0.25, -0.2) is 4.39 Å². The number of benzene rings is 2. The van der Waals surface area contributed by atoms with Crippen LogP contribution in [-0.2, 0) is 9.59 Å². The minimum absolute atomic E-state index is 0.197. The van der Waals surface area contributed by atoms with E-state index in [2.05, 4.69) is 5.32 Å². The van der Waals surface area contributed by atoms with Crippen LogP contribution in [0, 0.1) is 5.82 Å². The number of nitrogens with one attached hydrogen (secondary N) is 1. The molecule has 2 aromatic rings. The van der Waals surface area contributed by atoms with Gasteiger partial charge in [-0.05, 0) is 30.7 Å². The number of thioether (sulfide) groups is 1. The van der Waals surface area contributed by atoms with Crippen molar-refractivity contribution in [2.45, 2.75) is 17.4 Å². The summed E-state index contributed by atoms with van der Waals surface area (Å²) >= 11 is 1.42. The molecule has 1 atom stereocenters. The zero-order valence-corrected chi connectivity index (χ0v) is 13.8. The fourth-order valence-corrected chi connectivity index (χ4v) is 3.36. The van der Waals surface area contributed by atoms with Gasteiger partial charge in [0.1, 0.15) is 11.9 Å². The molecule has 1 N–H and O–H groups in total. The minimum atomic E-state index is -0.589. The van der Waals surface area contributed by atoms with Gasteiger partial charge in [0.2, 0.25) is 11.8 Å². The molecule has 1 aliphatic heterocycles. The van der Waals surface area contributed by atoms with E-state index in [1.54, 1.807) is 18.2 Å². The molecule has 0 saturated carbocycles. The highest BCUT2D eigenvalue weighted by molar-refractivity contribution is 8.00. The van der Waals surface area contributed by atoms with Gasteiger partial charge in [0.05, 0.1) is 11.4 Å². The Kier molecular flexibility index (Phi) is 5.15. The van der Waals surface area contributed by atoms with Crippen molar-refractivity contribution in [1.29, 1.82) is 0 Å². The van der Waals surface area contributed by atoms with E-state index in [0.717, 1.165) is 4.90 Å². The molecule has 4 nitrogen and oxygen atoms in total. The van der Waals surface area contributed by atoms with Crippen LogP contribution in [-0.4, -0.2) is 30.2 Å². The normalized spacial score (nSPS) is 17.1. The lowest BCUT2D eigenvalue weighted by Crippen LogP contribution is -2.42. The van der Waals surface area contributed by atoms with Crippen molar-refractivity contribution < 1.29 is 14.0 Å². The molecule has 0 aromatic heterocycles. The van der Waals surface area contributed by atoms with E-state index in [9.17, 15) is 14.0 Å². The Morgan fingerprint density at radius 1 is 1.17 bits per heavy atom. The number of carbonyl (C=O) groups is 2. The fourth-order valence-electron chi connectivity index (χ4n) is 2.63. The molecule has 1 heterocycles. The van der Waals surface area contributed by atoms with Crippen molar-refractivity contribution in [1.82, 2.24) is 5.32 Å². The maximum atomic E-state index is 13.8. The van der Waals surface area contributed by atoms with Crippen LogP contribution in [0.1, 0.15) is 6.42 Å². The Morgan fingerprint density at radius 2 is 1.88 bits per heavy atom.